The van der Waals surface area contributed by atoms with Crippen LogP contribution in [0, 0.1) is 0 Å². The number of aliphatic hydroxyl groups excluding tert-OH is 5. The molecule has 0 aromatic rings. The van der Waals surface area contributed by atoms with E-state index in [0.717, 1.165) is 0 Å². The van der Waals surface area contributed by atoms with Gasteiger partial charge in [-0.05, 0) is 0 Å². The van der Waals surface area contributed by atoms with E-state index in [0.29, 0.717) is 0 Å². The van der Waals surface area contributed by atoms with Crippen LogP contribution >= 0.6 is 0 Å². The topological polar surface area (TPSA) is 118 Å². The Bertz CT molecular complexity index is 173. The van der Waals surface area contributed by atoms with Gasteiger partial charge >= 0.3 is 0 Å². The van der Waals surface area contributed by atoms with E-state index in [1.165, 1.54) is 0 Å². The molecule has 0 aliphatic heterocycles. The van der Waals surface area contributed by atoms with Crippen molar-refractivity contribution in [3.63, 3.8) is 0 Å². The number of rotatable bonds is 5. The highest BCUT2D eigenvalue weighted by Gasteiger charge is 2.33. The predicted octanol–water partition coefficient (Wildman–Crippen LogP) is -3.08. The lowest BCUT2D eigenvalue weighted by molar-refractivity contribution is -0.156. The highest BCUT2D eigenvalue weighted by Crippen LogP contribution is 2.03. The zero-order valence-corrected chi connectivity index (χ0v) is 6.54. The normalized spacial score (nSPS) is 20.5. The lowest BCUT2D eigenvalue weighted by Gasteiger charge is -2.17. The molecule has 0 rings (SSSR count). The molecule has 5 N–H and O–H groups in total. The van der Waals surface area contributed by atoms with Crippen LogP contribution in [0.15, 0.2) is 0 Å². The molecule has 0 aliphatic carbocycles. The number of alkyl halides is 1. The zero-order valence-electron chi connectivity index (χ0n) is 6.54. The monoisotopic (exact) mass is 198 g/mol. The van der Waals surface area contributed by atoms with Gasteiger partial charge in [-0.15, -0.1) is 0 Å². The SMILES string of the molecule is O=C(C(O)C(O)F)C(O)C(O)CO. The third-order valence-corrected chi connectivity index (χ3v) is 1.40. The first-order chi connectivity index (χ1) is 5.91. The first-order valence-corrected chi connectivity index (χ1v) is 3.42. The summed E-state index contributed by atoms with van der Waals surface area (Å²) in [6.07, 6.45) is -9.17. The maximum atomic E-state index is 11.9. The molecule has 0 spiro atoms. The number of aliphatic hydroxyl groups is 5. The van der Waals surface area contributed by atoms with Crippen molar-refractivity contribution in [3.05, 3.63) is 0 Å². The molecule has 6 nitrogen and oxygen atoms in total. The zero-order chi connectivity index (χ0) is 10.6. The molecule has 0 aromatic carbocycles. The average molecular weight is 198 g/mol. The van der Waals surface area contributed by atoms with Gasteiger partial charge in [-0.2, -0.15) is 0 Å². The number of ketones is 1. The Hall–Kier alpha value is -0.600. The van der Waals surface area contributed by atoms with Crippen LogP contribution in [0.1, 0.15) is 0 Å². The van der Waals surface area contributed by atoms with Crippen LogP contribution < -0.4 is 0 Å². The fourth-order valence-electron chi connectivity index (χ4n) is 0.600. The molecule has 0 saturated carbocycles. The Morgan fingerprint density at radius 2 is 1.62 bits per heavy atom. The van der Waals surface area contributed by atoms with E-state index in [1.807, 2.05) is 0 Å². The average Bonchev–Trinajstić information content (AvgIpc) is 2.12. The molecule has 7 heteroatoms. The van der Waals surface area contributed by atoms with E-state index < -0.39 is 37.1 Å². The van der Waals surface area contributed by atoms with Crippen molar-refractivity contribution < 1.29 is 34.7 Å². The summed E-state index contributed by atoms with van der Waals surface area (Å²) in [5, 5.41) is 42.5. The van der Waals surface area contributed by atoms with E-state index >= 15 is 0 Å². The molecule has 13 heavy (non-hydrogen) atoms. The Labute approximate surface area is 72.9 Å². The third kappa shape index (κ3) is 3.33. The molecule has 0 aromatic heterocycles. The molecule has 0 saturated heterocycles. The summed E-state index contributed by atoms with van der Waals surface area (Å²) in [5.41, 5.74) is 0. The number of carbonyl (C=O) groups excluding carboxylic acids is 1. The second-order valence-electron chi connectivity index (χ2n) is 2.41. The summed E-state index contributed by atoms with van der Waals surface area (Å²) in [6.45, 7) is -0.915. The molecule has 0 amide bonds. The van der Waals surface area contributed by atoms with Gasteiger partial charge in [-0.1, -0.05) is 0 Å². The Balaban J connectivity index is 4.25. The van der Waals surface area contributed by atoms with Gasteiger partial charge < -0.3 is 25.5 Å². The van der Waals surface area contributed by atoms with Crippen molar-refractivity contribution in [3.8, 4) is 0 Å². The van der Waals surface area contributed by atoms with Crippen molar-refractivity contribution in [1.29, 1.82) is 0 Å². The van der Waals surface area contributed by atoms with Gasteiger partial charge in [0.1, 0.15) is 12.2 Å². The van der Waals surface area contributed by atoms with Crippen LogP contribution in [0.3, 0.4) is 0 Å². The van der Waals surface area contributed by atoms with Crippen molar-refractivity contribution in [1.82, 2.24) is 0 Å². The Morgan fingerprint density at radius 3 is 1.92 bits per heavy atom. The van der Waals surface area contributed by atoms with E-state index in [2.05, 4.69) is 0 Å². The number of carbonyl (C=O) groups is 1. The Kier molecular flexibility index (Phi) is 4.96. The number of Topliss-reactive ketones (excluding diaryl/α,β-unsaturated/α-hetero) is 1. The molecule has 0 aliphatic rings. The van der Waals surface area contributed by atoms with Gasteiger partial charge in [0.05, 0.1) is 6.61 Å². The lowest BCUT2D eigenvalue weighted by Crippen LogP contribution is -2.45. The van der Waals surface area contributed by atoms with Gasteiger partial charge in [0.2, 0.25) is 6.36 Å². The van der Waals surface area contributed by atoms with Gasteiger partial charge in [-0.3, -0.25) is 4.79 Å². The molecule has 4 unspecified atom stereocenters. The smallest absolute Gasteiger partial charge is 0.229 e. The van der Waals surface area contributed by atoms with Crippen molar-refractivity contribution in [2.24, 2.45) is 0 Å². The summed E-state index contributed by atoms with van der Waals surface area (Å²) in [7, 11) is 0. The summed E-state index contributed by atoms with van der Waals surface area (Å²) >= 11 is 0. The first-order valence-electron chi connectivity index (χ1n) is 3.42. The standard InChI is InChI=1S/C6H11FO6/c7-6(13)5(12)4(11)3(10)2(9)1-8/h2-3,5-6,8-10,12-13H,1H2. The summed E-state index contributed by atoms with van der Waals surface area (Å²) in [5.74, 6) is -1.49. The van der Waals surface area contributed by atoms with Gasteiger partial charge in [0, 0.05) is 0 Å². The van der Waals surface area contributed by atoms with Crippen LogP contribution in [0.5, 0.6) is 0 Å². The third-order valence-electron chi connectivity index (χ3n) is 1.40. The van der Waals surface area contributed by atoms with Crippen molar-refractivity contribution in [2.75, 3.05) is 6.61 Å². The molecule has 0 bridgehead atoms. The number of halogens is 1. The highest BCUT2D eigenvalue weighted by molar-refractivity contribution is 5.87. The molecule has 4 atom stereocenters. The second kappa shape index (κ2) is 5.20. The van der Waals surface area contributed by atoms with Crippen LogP contribution in [-0.2, 0) is 4.79 Å². The second-order valence-corrected chi connectivity index (χ2v) is 2.41. The Morgan fingerprint density at radius 1 is 1.15 bits per heavy atom. The van der Waals surface area contributed by atoms with Crippen LogP contribution in [0.4, 0.5) is 4.39 Å². The molecule has 0 heterocycles. The summed E-state index contributed by atoms with van der Waals surface area (Å²) in [4.78, 5) is 10.7. The quantitative estimate of drug-likeness (QED) is 0.319. The van der Waals surface area contributed by atoms with Crippen LogP contribution in [0.2, 0.25) is 0 Å². The minimum Gasteiger partial charge on any atom is -0.394 e. The van der Waals surface area contributed by atoms with E-state index in [-0.39, 0.29) is 0 Å². The van der Waals surface area contributed by atoms with Gasteiger partial charge in [0.15, 0.2) is 11.9 Å². The van der Waals surface area contributed by atoms with Crippen molar-refractivity contribution >= 4 is 5.78 Å². The van der Waals surface area contributed by atoms with Crippen LogP contribution in [0.25, 0.3) is 0 Å². The fraction of sp³-hybridized carbons (Fsp3) is 0.833. The lowest BCUT2D eigenvalue weighted by atomic mass is 10.1. The van der Waals surface area contributed by atoms with Crippen LogP contribution in [-0.4, -0.2) is 62.6 Å². The minimum atomic E-state index is -2.83. The first kappa shape index (κ1) is 12.4. The number of hydrogen-bond acceptors (Lipinski definition) is 6. The van der Waals surface area contributed by atoms with E-state index in [9.17, 15) is 9.18 Å². The predicted molar refractivity (Wildman–Crippen MR) is 37.2 cm³/mol. The molecular weight excluding hydrogens is 187 g/mol. The molecule has 78 valence electrons. The molecule has 0 radical (unpaired) electrons. The summed E-state index contributed by atoms with van der Waals surface area (Å²) < 4.78 is 11.9. The largest absolute Gasteiger partial charge is 0.394 e. The maximum Gasteiger partial charge on any atom is 0.229 e. The minimum absolute atomic E-state index is 0.915. The van der Waals surface area contributed by atoms with E-state index in [1.54, 1.807) is 0 Å². The summed E-state index contributed by atoms with van der Waals surface area (Å²) in [6, 6.07) is 0. The fourth-order valence-corrected chi connectivity index (χ4v) is 0.600. The van der Waals surface area contributed by atoms with Crippen molar-refractivity contribution in [2.45, 2.75) is 24.7 Å². The number of hydrogen-bond donors (Lipinski definition) is 5. The maximum absolute atomic E-state index is 11.9. The van der Waals surface area contributed by atoms with Gasteiger partial charge in [0.25, 0.3) is 0 Å². The van der Waals surface area contributed by atoms with Gasteiger partial charge in [-0.25, -0.2) is 4.39 Å². The molecule has 0 fully saturated rings. The van der Waals surface area contributed by atoms with E-state index in [4.69, 9.17) is 25.5 Å². The molecular formula is C6H11FO6. The highest BCUT2D eigenvalue weighted by atomic mass is 19.1.